The summed E-state index contributed by atoms with van der Waals surface area (Å²) < 4.78 is 18.1. The van der Waals surface area contributed by atoms with Gasteiger partial charge in [-0.05, 0) is 29.8 Å². The highest BCUT2D eigenvalue weighted by Gasteiger charge is 2.14. The number of rotatable bonds is 2. The summed E-state index contributed by atoms with van der Waals surface area (Å²) in [7, 11) is 0. The number of aliphatic hydroxyl groups is 1. The van der Waals surface area contributed by atoms with E-state index < -0.39 is 11.9 Å². The van der Waals surface area contributed by atoms with Crippen molar-refractivity contribution in [3.8, 4) is 0 Å². The second-order valence-electron chi connectivity index (χ2n) is 3.09. The highest BCUT2D eigenvalue weighted by molar-refractivity contribution is 6.30. The van der Waals surface area contributed by atoms with E-state index in [0.717, 1.165) is 0 Å². The molecule has 0 saturated heterocycles. The van der Waals surface area contributed by atoms with Crippen LogP contribution in [0.1, 0.15) is 17.4 Å². The van der Waals surface area contributed by atoms with E-state index in [1.54, 1.807) is 18.2 Å². The molecule has 0 bridgehead atoms. The quantitative estimate of drug-likeness (QED) is 0.853. The third kappa shape index (κ3) is 2.03. The molecule has 0 radical (unpaired) electrons. The lowest BCUT2D eigenvalue weighted by Gasteiger charge is -2.08. The molecule has 1 N–H and O–H groups in total. The molecule has 78 valence electrons. The minimum absolute atomic E-state index is 0.0328. The van der Waals surface area contributed by atoms with E-state index in [1.165, 1.54) is 18.4 Å². The molecule has 0 saturated carbocycles. The van der Waals surface area contributed by atoms with Crippen LogP contribution in [0, 0.1) is 5.82 Å². The van der Waals surface area contributed by atoms with Gasteiger partial charge in [-0.3, -0.25) is 0 Å². The number of furan rings is 1. The van der Waals surface area contributed by atoms with E-state index >= 15 is 0 Å². The van der Waals surface area contributed by atoms with E-state index in [4.69, 9.17) is 16.0 Å². The Balaban J connectivity index is 2.34. The zero-order chi connectivity index (χ0) is 10.8. The lowest BCUT2D eigenvalue weighted by atomic mass is 10.1. The second kappa shape index (κ2) is 4.04. The molecule has 15 heavy (non-hydrogen) atoms. The zero-order valence-electron chi connectivity index (χ0n) is 7.65. The molecule has 1 aromatic carbocycles. The standard InChI is InChI=1S/C11H8ClFO2/c12-8-4-3-7(6-9(8)13)11(14)10-2-1-5-15-10/h1-6,11,14H/t11-/m0/s1. The minimum Gasteiger partial charge on any atom is -0.466 e. The molecule has 4 heteroatoms. The Morgan fingerprint density at radius 2 is 2.13 bits per heavy atom. The van der Waals surface area contributed by atoms with Crippen molar-refractivity contribution in [2.24, 2.45) is 0 Å². The Morgan fingerprint density at radius 1 is 1.33 bits per heavy atom. The lowest BCUT2D eigenvalue weighted by molar-refractivity contribution is 0.189. The van der Waals surface area contributed by atoms with Gasteiger partial charge in [-0.1, -0.05) is 17.7 Å². The average Bonchev–Trinajstić information content (AvgIpc) is 2.74. The summed E-state index contributed by atoms with van der Waals surface area (Å²) in [5, 5.41) is 9.83. The maximum absolute atomic E-state index is 13.1. The van der Waals surface area contributed by atoms with E-state index in [2.05, 4.69) is 0 Å². The van der Waals surface area contributed by atoms with Crippen LogP contribution in [0.4, 0.5) is 4.39 Å². The molecule has 0 aliphatic heterocycles. The summed E-state index contributed by atoms with van der Waals surface area (Å²) in [6.45, 7) is 0. The molecule has 1 aromatic heterocycles. The van der Waals surface area contributed by atoms with Crippen LogP contribution in [0.2, 0.25) is 5.02 Å². The fourth-order valence-corrected chi connectivity index (χ4v) is 1.41. The average molecular weight is 227 g/mol. The smallest absolute Gasteiger partial charge is 0.142 e. The predicted molar refractivity (Wildman–Crippen MR) is 54.2 cm³/mol. The van der Waals surface area contributed by atoms with Gasteiger partial charge in [0, 0.05) is 0 Å². The fourth-order valence-electron chi connectivity index (χ4n) is 1.29. The number of hydrogen-bond acceptors (Lipinski definition) is 2. The summed E-state index contributed by atoms with van der Waals surface area (Å²) >= 11 is 5.53. The van der Waals surface area contributed by atoms with Crippen LogP contribution in [-0.2, 0) is 0 Å². The third-order valence-electron chi connectivity index (χ3n) is 2.07. The van der Waals surface area contributed by atoms with Crippen LogP contribution in [-0.4, -0.2) is 5.11 Å². The first-order valence-corrected chi connectivity index (χ1v) is 4.72. The number of halogens is 2. The van der Waals surface area contributed by atoms with Gasteiger partial charge in [-0.25, -0.2) is 4.39 Å². The van der Waals surface area contributed by atoms with Crippen LogP contribution >= 0.6 is 11.6 Å². The van der Waals surface area contributed by atoms with Crippen molar-refractivity contribution in [2.45, 2.75) is 6.10 Å². The molecule has 2 rings (SSSR count). The maximum atomic E-state index is 13.1. The predicted octanol–water partition coefficient (Wildman–Crippen LogP) is 3.15. The van der Waals surface area contributed by atoms with Crippen LogP contribution < -0.4 is 0 Å². The SMILES string of the molecule is O[C@@H](c1ccc(Cl)c(F)c1)c1ccco1. The van der Waals surface area contributed by atoms with Crippen molar-refractivity contribution in [3.63, 3.8) is 0 Å². The summed E-state index contributed by atoms with van der Waals surface area (Å²) in [4.78, 5) is 0. The Morgan fingerprint density at radius 3 is 2.73 bits per heavy atom. The van der Waals surface area contributed by atoms with E-state index in [1.807, 2.05) is 0 Å². The largest absolute Gasteiger partial charge is 0.466 e. The Labute approximate surface area is 90.9 Å². The van der Waals surface area contributed by atoms with Gasteiger partial charge < -0.3 is 9.52 Å². The van der Waals surface area contributed by atoms with Crippen molar-refractivity contribution in [1.29, 1.82) is 0 Å². The van der Waals surface area contributed by atoms with Gasteiger partial charge >= 0.3 is 0 Å². The minimum atomic E-state index is -0.966. The number of hydrogen-bond donors (Lipinski definition) is 1. The Bertz CT molecular complexity index is 454. The first-order chi connectivity index (χ1) is 7.18. The fraction of sp³-hybridized carbons (Fsp3) is 0.0909. The van der Waals surface area contributed by atoms with Crippen LogP contribution in [0.5, 0.6) is 0 Å². The molecular formula is C11H8ClFO2. The van der Waals surface area contributed by atoms with Crippen molar-refractivity contribution in [1.82, 2.24) is 0 Å². The molecule has 1 heterocycles. The molecule has 0 spiro atoms. The molecule has 0 fully saturated rings. The third-order valence-corrected chi connectivity index (χ3v) is 2.38. The first-order valence-electron chi connectivity index (χ1n) is 4.35. The summed E-state index contributed by atoms with van der Waals surface area (Å²) in [6, 6.07) is 7.43. The highest BCUT2D eigenvalue weighted by Crippen LogP contribution is 2.25. The Hall–Kier alpha value is -1.32. The van der Waals surface area contributed by atoms with Gasteiger partial charge in [0.25, 0.3) is 0 Å². The first kappa shape index (κ1) is 10.2. The van der Waals surface area contributed by atoms with Crippen molar-refractivity contribution >= 4 is 11.6 Å². The second-order valence-corrected chi connectivity index (χ2v) is 3.50. The van der Waals surface area contributed by atoms with Gasteiger partial charge in [0.05, 0.1) is 11.3 Å². The highest BCUT2D eigenvalue weighted by atomic mass is 35.5. The monoisotopic (exact) mass is 226 g/mol. The zero-order valence-corrected chi connectivity index (χ0v) is 8.41. The van der Waals surface area contributed by atoms with Gasteiger partial charge in [-0.2, -0.15) is 0 Å². The van der Waals surface area contributed by atoms with Crippen LogP contribution in [0.25, 0.3) is 0 Å². The van der Waals surface area contributed by atoms with E-state index in [9.17, 15) is 9.50 Å². The number of aliphatic hydroxyl groups excluding tert-OH is 1. The van der Waals surface area contributed by atoms with Crippen LogP contribution in [0.15, 0.2) is 41.0 Å². The van der Waals surface area contributed by atoms with E-state index in [-0.39, 0.29) is 5.02 Å². The summed E-state index contributed by atoms with van der Waals surface area (Å²) in [6.07, 6.45) is 0.483. The molecule has 0 unspecified atom stereocenters. The molecule has 0 aliphatic rings. The summed E-state index contributed by atoms with van der Waals surface area (Å²) in [5.74, 6) is -0.184. The van der Waals surface area contributed by atoms with Crippen molar-refractivity contribution < 1.29 is 13.9 Å². The maximum Gasteiger partial charge on any atom is 0.142 e. The molecule has 0 amide bonds. The lowest BCUT2D eigenvalue weighted by Crippen LogP contribution is -1.98. The van der Waals surface area contributed by atoms with Gasteiger partial charge in [0.1, 0.15) is 17.7 Å². The molecular weight excluding hydrogens is 219 g/mol. The van der Waals surface area contributed by atoms with Gasteiger partial charge in [0.2, 0.25) is 0 Å². The molecule has 2 nitrogen and oxygen atoms in total. The molecule has 1 atom stereocenters. The van der Waals surface area contributed by atoms with Crippen LogP contribution in [0.3, 0.4) is 0 Å². The van der Waals surface area contributed by atoms with E-state index in [0.29, 0.717) is 11.3 Å². The Kier molecular flexibility index (Phi) is 2.75. The molecule has 0 aliphatic carbocycles. The normalized spacial score (nSPS) is 12.7. The van der Waals surface area contributed by atoms with Gasteiger partial charge in [0.15, 0.2) is 0 Å². The topological polar surface area (TPSA) is 33.4 Å². The number of benzene rings is 1. The van der Waals surface area contributed by atoms with Gasteiger partial charge in [-0.15, -0.1) is 0 Å². The van der Waals surface area contributed by atoms with Crippen molar-refractivity contribution in [2.75, 3.05) is 0 Å². The van der Waals surface area contributed by atoms with Crippen molar-refractivity contribution in [3.05, 3.63) is 58.8 Å². The summed E-state index contributed by atoms with van der Waals surface area (Å²) in [5.41, 5.74) is 0.409. The molecule has 2 aromatic rings.